The molecular weight excluding hydrogens is 571 g/mol. The van der Waals surface area contributed by atoms with Gasteiger partial charge in [0.1, 0.15) is 10.7 Å². The normalized spacial score (nSPS) is 24.9. The number of amides is 1. The van der Waals surface area contributed by atoms with E-state index in [4.69, 9.17) is 13.3 Å². The van der Waals surface area contributed by atoms with Gasteiger partial charge in [-0.15, -0.1) is 0 Å². The van der Waals surface area contributed by atoms with Crippen molar-refractivity contribution in [2.75, 3.05) is 7.11 Å². The molecule has 0 spiro atoms. The first-order valence-electron chi connectivity index (χ1n) is 14.0. The highest BCUT2D eigenvalue weighted by atomic mass is 32.2. The molecule has 3 aromatic rings. The Morgan fingerprint density at radius 3 is 2.24 bits per heavy atom. The molecule has 4 aliphatic rings. The molecule has 2 aromatic carbocycles. The topological polar surface area (TPSA) is 86.0 Å². The molecule has 7 nitrogen and oxygen atoms in total. The maximum Gasteiger partial charge on any atom is 0.416 e. The van der Waals surface area contributed by atoms with E-state index in [1.54, 1.807) is 23.3 Å². The SMILES string of the molecule is COc1ccc(CN(Cc2ccco2)C(=O)C23CC4CC(CC(C4)C2)C3)cc1OS(=O)(=O)c1cccc(C(F)(F)F)c1. The summed E-state index contributed by atoms with van der Waals surface area (Å²) >= 11 is 0. The predicted octanol–water partition coefficient (Wildman–Crippen LogP) is 6.82. The van der Waals surface area contributed by atoms with Crippen LogP contribution in [0.4, 0.5) is 13.2 Å². The number of alkyl halides is 3. The molecule has 0 unspecified atom stereocenters. The van der Waals surface area contributed by atoms with Crippen LogP contribution in [0.3, 0.4) is 0 Å². The Balaban J connectivity index is 1.29. The lowest BCUT2D eigenvalue weighted by atomic mass is 9.49. The Labute approximate surface area is 242 Å². The van der Waals surface area contributed by atoms with Crippen molar-refractivity contribution in [2.45, 2.75) is 62.7 Å². The van der Waals surface area contributed by atoms with Gasteiger partial charge in [-0.3, -0.25) is 4.79 Å². The Hall–Kier alpha value is -3.47. The van der Waals surface area contributed by atoms with Gasteiger partial charge in [-0.2, -0.15) is 21.6 Å². The second-order valence-electron chi connectivity index (χ2n) is 12.0. The van der Waals surface area contributed by atoms with E-state index in [0.29, 0.717) is 35.1 Å². The van der Waals surface area contributed by atoms with E-state index in [2.05, 4.69) is 0 Å². The molecular formula is C31H32F3NO6S. The molecule has 224 valence electrons. The van der Waals surface area contributed by atoms with E-state index >= 15 is 0 Å². The summed E-state index contributed by atoms with van der Waals surface area (Å²) in [5, 5.41) is 0. The number of rotatable bonds is 9. The largest absolute Gasteiger partial charge is 0.493 e. The van der Waals surface area contributed by atoms with Gasteiger partial charge in [0, 0.05) is 6.54 Å². The average molecular weight is 604 g/mol. The van der Waals surface area contributed by atoms with Crippen LogP contribution in [0.25, 0.3) is 0 Å². The number of carbonyl (C=O) groups is 1. The van der Waals surface area contributed by atoms with Crippen molar-refractivity contribution in [3.05, 3.63) is 77.7 Å². The van der Waals surface area contributed by atoms with Crippen LogP contribution >= 0.6 is 0 Å². The maximum atomic E-state index is 14.3. The molecule has 4 aliphatic carbocycles. The molecule has 7 rings (SSSR count). The average Bonchev–Trinajstić information content (AvgIpc) is 3.44. The molecule has 4 fully saturated rings. The Morgan fingerprint density at radius 2 is 1.64 bits per heavy atom. The summed E-state index contributed by atoms with van der Waals surface area (Å²) in [6, 6.07) is 11.6. The third-order valence-corrected chi connectivity index (χ3v) is 10.2. The van der Waals surface area contributed by atoms with Crippen molar-refractivity contribution in [1.29, 1.82) is 0 Å². The quantitative estimate of drug-likeness (QED) is 0.250. The lowest BCUT2D eigenvalue weighted by Gasteiger charge is -2.56. The van der Waals surface area contributed by atoms with E-state index in [9.17, 15) is 26.4 Å². The number of furan rings is 1. The molecule has 0 N–H and O–H groups in total. The first kappa shape index (κ1) is 28.6. The van der Waals surface area contributed by atoms with Gasteiger partial charge in [0.15, 0.2) is 11.5 Å². The van der Waals surface area contributed by atoms with E-state index in [0.717, 1.165) is 37.5 Å². The van der Waals surface area contributed by atoms with Gasteiger partial charge >= 0.3 is 16.3 Å². The molecule has 1 aromatic heterocycles. The fraction of sp³-hybridized carbons (Fsp3) is 0.452. The molecule has 42 heavy (non-hydrogen) atoms. The number of halogens is 3. The minimum Gasteiger partial charge on any atom is -0.493 e. The summed E-state index contributed by atoms with van der Waals surface area (Å²) in [4.78, 5) is 15.4. The van der Waals surface area contributed by atoms with Crippen LogP contribution in [-0.2, 0) is 34.2 Å². The van der Waals surface area contributed by atoms with E-state index < -0.39 is 32.2 Å². The summed E-state index contributed by atoms with van der Waals surface area (Å²) in [7, 11) is -3.31. The molecule has 1 amide bonds. The second kappa shape index (κ2) is 10.7. The Morgan fingerprint density at radius 1 is 0.952 bits per heavy atom. The summed E-state index contributed by atoms with van der Waals surface area (Å²) in [5.41, 5.74) is -0.931. The minimum absolute atomic E-state index is 0.0767. The lowest BCUT2D eigenvalue weighted by molar-refractivity contribution is -0.159. The number of benzene rings is 2. The smallest absolute Gasteiger partial charge is 0.416 e. The zero-order valence-electron chi connectivity index (χ0n) is 23.1. The van der Waals surface area contributed by atoms with Crippen LogP contribution in [0, 0.1) is 23.2 Å². The van der Waals surface area contributed by atoms with E-state index in [1.165, 1.54) is 38.5 Å². The van der Waals surface area contributed by atoms with Crippen LogP contribution in [0.15, 0.2) is 70.2 Å². The molecule has 0 atom stereocenters. The van der Waals surface area contributed by atoms with Crippen LogP contribution in [0.5, 0.6) is 11.5 Å². The number of hydrogen-bond acceptors (Lipinski definition) is 6. The monoisotopic (exact) mass is 603 g/mol. The summed E-state index contributed by atoms with van der Waals surface area (Å²) in [6.07, 6.45) is 3.10. The molecule has 0 radical (unpaired) electrons. The molecule has 0 saturated heterocycles. The number of nitrogens with zero attached hydrogens (tertiary/aromatic N) is 1. The number of carbonyl (C=O) groups excluding carboxylic acids is 1. The van der Waals surface area contributed by atoms with Gasteiger partial charge < -0.3 is 18.2 Å². The van der Waals surface area contributed by atoms with Crippen LogP contribution in [-0.4, -0.2) is 26.3 Å². The van der Waals surface area contributed by atoms with Crippen molar-refractivity contribution < 1.29 is 39.7 Å². The highest BCUT2D eigenvalue weighted by Gasteiger charge is 2.55. The van der Waals surface area contributed by atoms with Gasteiger partial charge in [-0.05, 0) is 104 Å². The highest BCUT2D eigenvalue weighted by molar-refractivity contribution is 7.87. The highest BCUT2D eigenvalue weighted by Crippen LogP contribution is 2.60. The van der Waals surface area contributed by atoms with Gasteiger partial charge in [-0.1, -0.05) is 12.1 Å². The predicted molar refractivity (Wildman–Crippen MR) is 146 cm³/mol. The minimum atomic E-state index is -4.72. The van der Waals surface area contributed by atoms with Gasteiger partial charge in [0.05, 0.1) is 30.9 Å². The fourth-order valence-corrected chi connectivity index (χ4v) is 8.58. The van der Waals surface area contributed by atoms with Crippen molar-refractivity contribution in [2.24, 2.45) is 23.2 Å². The van der Waals surface area contributed by atoms with Crippen molar-refractivity contribution in [3.8, 4) is 11.5 Å². The van der Waals surface area contributed by atoms with E-state index in [-0.39, 0.29) is 30.5 Å². The van der Waals surface area contributed by atoms with Gasteiger partial charge in [-0.25, -0.2) is 0 Å². The second-order valence-corrected chi connectivity index (χ2v) is 13.5. The Bertz CT molecular complexity index is 1530. The van der Waals surface area contributed by atoms with Crippen LogP contribution in [0.1, 0.15) is 55.4 Å². The maximum absolute atomic E-state index is 14.3. The van der Waals surface area contributed by atoms with Gasteiger partial charge in [0.25, 0.3) is 0 Å². The third-order valence-electron chi connectivity index (χ3n) is 8.96. The fourth-order valence-electron chi connectivity index (χ4n) is 7.60. The standard InChI is InChI=1S/C31H32F3NO6S/c1-39-27-8-7-20(13-28(27)41-42(37,38)26-6-2-4-24(14-26)31(32,33)34)18-35(19-25-5-3-9-40-25)29(36)30-15-21-10-22(16-30)12-23(11-21)17-30/h2-9,13-14,21-23H,10-12,15-19H2,1H3. The zero-order chi connectivity index (χ0) is 29.7. The molecule has 4 saturated carbocycles. The number of ether oxygens (including phenoxy) is 1. The van der Waals surface area contributed by atoms with Crippen molar-refractivity contribution >= 4 is 16.0 Å². The number of hydrogen-bond donors (Lipinski definition) is 0. The summed E-state index contributed by atoms with van der Waals surface area (Å²) in [6.45, 7) is 0.406. The molecule has 11 heteroatoms. The van der Waals surface area contributed by atoms with Crippen molar-refractivity contribution in [1.82, 2.24) is 4.90 Å². The lowest BCUT2D eigenvalue weighted by Crippen LogP contribution is -2.54. The third kappa shape index (κ3) is 5.63. The van der Waals surface area contributed by atoms with Gasteiger partial charge in [0.2, 0.25) is 5.91 Å². The van der Waals surface area contributed by atoms with Crippen LogP contribution in [0.2, 0.25) is 0 Å². The van der Waals surface area contributed by atoms with E-state index in [1.807, 2.05) is 6.07 Å². The first-order valence-corrected chi connectivity index (χ1v) is 15.5. The number of methoxy groups -OCH3 is 1. The molecule has 0 aliphatic heterocycles. The molecule has 4 bridgehead atoms. The summed E-state index contributed by atoms with van der Waals surface area (Å²) in [5.74, 6) is 2.33. The first-order chi connectivity index (χ1) is 19.9. The van der Waals surface area contributed by atoms with Crippen LogP contribution < -0.4 is 8.92 Å². The molecule has 1 heterocycles. The zero-order valence-corrected chi connectivity index (χ0v) is 23.9. The summed E-state index contributed by atoms with van der Waals surface area (Å²) < 4.78 is 81.9. The Kier molecular flexibility index (Phi) is 7.27. The van der Waals surface area contributed by atoms with Crippen molar-refractivity contribution in [3.63, 3.8) is 0 Å².